The first kappa shape index (κ1) is 12.0. The first-order valence-electron chi connectivity index (χ1n) is 7.50. The van der Waals surface area contributed by atoms with Gasteiger partial charge in [0, 0.05) is 31.2 Å². The summed E-state index contributed by atoms with van der Waals surface area (Å²) in [6, 6.07) is 0.722. The van der Waals surface area contributed by atoms with Gasteiger partial charge in [-0.25, -0.2) is 0 Å². The van der Waals surface area contributed by atoms with Crippen molar-refractivity contribution in [2.75, 3.05) is 19.6 Å². The molecule has 3 rings (SSSR count). The van der Waals surface area contributed by atoms with Crippen molar-refractivity contribution in [3.63, 3.8) is 0 Å². The van der Waals surface area contributed by atoms with E-state index >= 15 is 0 Å². The Morgan fingerprint density at radius 3 is 2.47 bits per heavy atom. The molecule has 17 heavy (non-hydrogen) atoms. The molecule has 0 spiro atoms. The molecule has 1 N–H and O–H groups in total. The highest BCUT2D eigenvalue weighted by atomic mass is 15.3. The summed E-state index contributed by atoms with van der Waals surface area (Å²) in [5.74, 6) is 0.951. The maximum absolute atomic E-state index is 3.82. The molecule has 2 atom stereocenters. The molecule has 0 bridgehead atoms. The van der Waals surface area contributed by atoms with E-state index < -0.39 is 0 Å². The molecule has 0 aromatic heterocycles. The summed E-state index contributed by atoms with van der Waals surface area (Å²) < 4.78 is 0. The second kappa shape index (κ2) is 3.96. The molecule has 3 aliphatic rings. The standard InChI is InChI=1S/C15H28N2/c1-12-9-16-15(3,13-5-6-13)11-17(12)10-14(2)7-4-8-14/h12-13,16H,4-11H2,1-3H3. The van der Waals surface area contributed by atoms with Gasteiger partial charge in [-0.1, -0.05) is 13.3 Å². The van der Waals surface area contributed by atoms with Gasteiger partial charge < -0.3 is 5.32 Å². The molecule has 98 valence electrons. The molecule has 0 radical (unpaired) electrons. The molecule has 3 fully saturated rings. The van der Waals surface area contributed by atoms with E-state index in [4.69, 9.17) is 0 Å². The largest absolute Gasteiger partial charge is 0.308 e. The maximum Gasteiger partial charge on any atom is 0.0309 e. The summed E-state index contributed by atoms with van der Waals surface area (Å²) in [5.41, 5.74) is 1.04. The highest BCUT2D eigenvalue weighted by Gasteiger charge is 2.46. The van der Waals surface area contributed by atoms with Gasteiger partial charge in [0.05, 0.1) is 0 Å². The van der Waals surface area contributed by atoms with E-state index in [1.54, 1.807) is 0 Å². The van der Waals surface area contributed by atoms with Crippen LogP contribution in [0.2, 0.25) is 0 Å². The van der Waals surface area contributed by atoms with E-state index in [1.165, 1.54) is 51.7 Å². The Balaban J connectivity index is 1.65. The van der Waals surface area contributed by atoms with Gasteiger partial charge in [-0.05, 0) is 50.9 Å². The van der Waals surface area contributed by atoms with Gasteiger partial charge in [-0.2, -0.15) is 0 Å². The summed E-state index contributed by atoms with van der Waals surface area (Å²) in [7, 11) is 0. The van der Waals surface area contributed by atoms with Crippen LogP contribution in [0.4, 0.5) is 0 Å². The zero-order chi connectivity index (χ0) is 12.1. The SMILES string of the molecule is CC1CNC(C)(C2CC2)CN1CC1(C)CCC1. The molecule has 0 aromatic rings. The first-order valence-corrected chi connectivity index (χ1v) is 7.50. The van der Waals surface area contributed by atoms with Gasteiger partial charge in [0.2, 0.25) is 0 Å². The topological polar surface area (TPSA) is 15.3 Å². The Morgan fingerprint density at radius 1 is 1.24 bits per heavy atom. The van der Waals surface area contributed by atoms with Crippen LogP contribution in [-0.4, -0.2) is 36.1 Å². The van der Waals surface area contributed by atoms with E-state index in [0.717, 1.165) is 12.0 Å². The molecule has 2 heteroatoms. The first-order chi connectivity index (χ1) is 8.01. The summed E-state index contributed by atoms with van der Waals surface area (Å²) in [4.78, 5) is 2.77. The van der Waals surface area contributed by atoms with Crippen molar-refractivity contribution in [2.45, 2.75) is 64.5 Å². The van der Waals surface area contributed by atoms with Gasteiger partial charge in [-0.3, -0.25) is 4.90 Å². The van der Waals surface area contributed by atoms with E-state index in [2.05, 4.69) is 31.0 Å². The number of nitrogens with zero attached hydrogens (tertiary/aromatic N) is 1. The number of hydrogen-bond donors (Lipinski definition) is 1. The fourth-order valence-corrected chi connectivity index (χ4v) is 3.78. The number of piperazine rings is 1. The van der Waals surface area contributed by atoms with Crippen LogP contribution in [0.5, 0.6) is 0 Å². The van der Waals surface area contributed by atoms with Crippen molar-refractivity contribution >= 4 is 0 Å². The summed E-state index contributed by atoms with van der Waals surface area (Å²) in [6.07, 6.45) is 7.25. The summed E-state index contributed by atoms with van der Waals surface area (Å²) in [5, 5.41) is 3.82. The fourth-order valence-electron chi connectivity index (χ4n) is 3.78. The summed E-state index contributed by atoms with van der Waals surface area (Å²) in [6.45, 7) is 11.1. The fraction of sp³-hybridized carbons (Fsp3) is 1.00. The number of nitrogens with one attached hydrogen (secondary N) is 1. The van der Waals surface area contributed by atoms with Crippen molar-refractivity contribution in [1.29, 1.82) is 0 Å². The average Bonchev–Trinajstić information content (AvgIpc) is 3.05. The molecular formula is C15H28N2. The monoisotopic (exact) mass is 236 g/mol. The second-order valence-electron chi connectivity index (χ2n) is 7.49. The molecule has 2 aliphatic carbocycles. The number of hydrogen-bond acceptors (Lipinski definition) is 2. The van der Waals surface area contributed by atoms with Gasteiger partial charge in [-0.15, -0.1) is 0 Å². The quantitative estimate of drug-likeness (QED) is 0.810. The lowest BCUT2D eigenvalue weighted by molar-refractivity contribution is 0.0166. The van der Waals surface area contributed by atoms with Crippen LogP contribution in [0.15, 0.2) is 0 Å². The predicted molar refractivity (Wildman–Crippen MR) is 72.1 cm³/mol. The lowest BCUT2D eigenvalue weighted by atomic mass is 9.69. The van der Waals surface area contributed by atoms with Crippen molar-refractivity contribution in [2.24, 2.45) is 11.3 Å². The van der Waals surface area contributed by atoms with Crippen molar-refractivity contribution in [3.05, 3.63) is 0 Å². The van der Waals surface area contributed by atoms with Crippen LogP contribution in [0, 0.1) is 11.3 Å². The smallest absolute Gasteiger partial charge is 0.0309 e. The van der Waals surface area contributed by atoms with Gasteiger partial charge in [0.15, 0.2) is 0 Å². The van der Waals surface area contributed by atoms with Crippen LogP contribution in [0.25, 0.3) is 0 Å². The normalized spacial score (nSPS) is 42.2. The Bertz CT molecular complexity index is 293. The van der Waals surface area contributed by atoms with Gasteiger partial charge >= 0.3 is 0 Å². The van der Waals surface area contributed by atoms with E-state index in [9.17, 15) is 0 Å². The van der Waals surface area contributed by atoms with Crippen LogP contribution in [0.1, 0.15) is 52.9 Å². The van der Waals surface area contributed by atoms with Gasteiger partial charge in [0.25, 0.3) is 0 Å². The second-order valence-corrected chi connectivity index (χ2v) is 7.49. The van der Waals surface area contributed by atoms with Gasteiger partial charge in [0.1, 0.15) is 0 Å². The van der Waals surface area contributed by atoms with E-state index in [0.29, 0.717) is 11.0 Å². The van der Waals surface area contributed by atoms with Crippen molar-refractivity contribution in [3.8, 4) is 0 Å². The minimum atomic E-state index is 0.409. The van der Waals surface area contributed by atoms with Crippen molar-refractivity contribution < 1.29 is 0 Å². The van der Waals surface area contributed by atoms with Crippen LogP contribution >= 0.6 is 0 Å². The molecule has 1 heterocycles. The molecule has 0 aromatic carbocycles. The molecular weight excluding hydrogens is 208 g/mol. The Morgan fingerprint density at radius 2 is 1.94 bits per heavy atom. The predicted octanol–water partition coefficient (Wildman–Crippen LogP) is 2.64. The lowest BCUT2D eigenvalue weighted by Crippen LogP contribution is -2.64. The number of rotatable bonds is 3. The molecule has 2 nitrogen and oxygen atoms in total. The third kappa shape index (κ3) is 2.26. The molecule has 2 saturated carbocycles. The zero-order valence-electron chi connectivity index (χ0n) is 11.8. The zero-order valence-corrected chi connectivity index (χ0v) is 11.8. The highest BCUT2D eigenvalue weighted by Crippen LogP contribution is 2.44. The Hall–Kier alpha value is -0.0800. The van der Waals surface area contributed by atoms with Crippen LogP contribution in [-0.2, 0) is 0 Å². The minimum absolute atomic E-state index is 0.409. The third-order valence-corrected chi connectivity index (χ3v) is 5.58. The van der Waals surface area contributed by atoms with E-state index in [-0.39, 0.29) is 0 Å². The van der Waals surface area contributed by atoms with Crippen LogP contribution < -0.4 is 5.32 Å². The molecule has 1 saturated heterocycles. The Labute approximate surface area is 106 Å². The minimum Gasteiger partial charge on any atom is -0.308 e. The maximum atomic E-state index is 3.82. The molecule has 0 amide bonds. The Kier molecular flexibility index (Phi) is 2.79. The average molecular weight is 236 g/mol. The lowest BCUT2D eigenvalue weighted by Gasteiger charge is -2.50. The van der Waals surface area contributed by atoms with Crippen LogP contribution in [0.3, 0.4) is 0 Å². The van der Waals surface area contributed by atoms with Crippen molar-refractivity contribution in [1.82, 2.24) is 10.2 Å². The highest BCUT2D eigenvalue weighted by molar-refractivity contribution is 5.04. The summed E-state index contributed by atoms with van der Waals surface area (Å²) >= 11 is 0. The molecule has 2 unspecified atom stereocenters. The van der Waals surface area contributed by atoms with E-state index in [1.807, 2.05) is 0 Å². The molecule has 1 aliphatic heterocycles. The third-order valence-electron chi connectivity index (χ3n) is 5.58.